The third kappa shape index (κ3) is 3.90. The molecule has 0 aliphatic carbocycles. The molecule has 6 nitrogen and oxygen atoms in total. The van der Waals surface area contributed by atoms with Crippen LogP contribution in [-0.2, 0) is 9.53 Å². The molecule has 138 valence electrons. The van der Waals surface area contributed by atoms with Crippen LogP contribution in [-0.4, -0.2) is 46.4 Å². The number of carboxylic acids is 1. The highest BCUT2D eigenvalue weighted by Crippen LogP contribution is 2.30. The quantitative estimate of drug-likeness (QED) is 0.907. The van der Waals surface area contributed by atoms with E-state index in [1.165, 1.54) is 4.90 Å². The number of carboxylic acid groups (broad SMARTS) is 1. The standard InChI is InChI=1S/C20H23NO5/c1-20(2,3)26-19(24)21-12-14(11-16(21)18(22)23)25-17-10-6-8-13-7-4-5-9-15(13)17/h4-10,14,16H,11-12H2,1-3H3,(H,22,23)/t14-,16+/m1/s1. The molecule has 0 aromatic heterocycles. The number of hydrogen-bond donors (Lipinski definition) is 1. The summed E-state index contributed by atoms with van der Waals surface area (Å²) in [5, 5.41) is 11.5. The fraction of sp³-hybridized carbons (Fsp3) is 0.400. The van der Waals surface area contributed by atoms with E-state index in [1.54, 1.807) is 20.8 Å². The lowest BCUT2D eigenvalue weighted by molar-refractivity contribution is -0.142. The Morgan fingerprint density at radius 1 is 1.12 bits per heavy atom. The highest BCUT2D eigenvalue weighted by atomic mass is 16.6. The minimum absolute atomic E-state index is 0.176. The lowest BCUT2D eigenvalue weighted by atomic mass is 10.1. The molecule has 1 amide bonds. The molecular weight excluding hydrogens is 334 g/mol. The van der Waals surface area contributed by atoms with Crippen LogP contribution in [0.2, 0.25) is 0 Å². The third-order valence-corrected chi connectivity index (χ3v) is 4.22. The largest absolute Gasteiger partial charge is 0.488 e. The average Bonchev–Trinajstić information content (AvgIpc) is 2.98. The maximum atomic E-state index is 12.4. The van der Waals surface area contributed by atoms with Crippen LogP contribution in [0.4, 0.5) is 4.79 Å². The smallest absolute Gasteiger partial charge is 0.411 e. The second kappa shape index (κ2) is 6.86. The summed E-state index contributed by atoms with van der Waals surface area (Å²) < 4.78 is 11.4. The fourth-order valence-corrected chi connectivity index (χ4v) is 3.12. The van der Waals surface area contributed by atoms with E-state index in [9.17, 15) is 14.7 Å². The maximum Gasteiger partial charge on any atom is 0.411 e. The Morgan fingerprint density at radius 3 is 2.50 bits per heavy atom. The van der Waals surface area contributed by atoms with Gasteiger partial charge in [-0.2, -0.15) is 0 Å². The van der Waals surface area contributed by atoms with Crippen LogP contribution in [0.25, 0.3) is 10.8 Å². The van der Waals surface area contributed by atoms with Crippen LogP contribution >= 0.6 is 0 Å². The molecule has 0 bridgehead atoms. The molecule has 3 rings (SSSR count). The SMILES string of the molecule is CC(C)(C)OC(=O)N1C[C@H](Oc2cccc3ccccc23)C[C@H]1C(=O)O. The van der Waals surface area contributed by atoms with E-state index in [4.69, 9.17) is 9.47 Å². The molecule has 2 aromatic carbocycles. The zero-order chi connectivity index (χ0) is 18.9. The van der Waals surface area contributed by atoms with E-state index in [-0.39, 0.29) is 13.0 Å². The Kier molecular flexibility index (Phi) is 4.76. The Bertz CT molecular complexity index is 821. The van der Waals surface area contributed by atoms with Gasteiger partial charge in [0.2, 0.25) is 0 Å². The van der Waals surface area contributed by atoms with Crippen molar-refractivity contribution in [2.45, 2.75) is 44.9 Å². The van der Waals surface area contributed by atoms with E-state index >= 15 is 0 Å². The van der Waals surface area contributed by atoms with E-state index in [2.05, 4.69) is 0 Å². The van der Waals surface area contributed by atoms with Crippen molar-refractivity contribution in [1.29, 1.82) is 0 Å². The number of fused-ring (bicyclic) bond motifs is 1. The Labute approximate surface area is 152 Å². The van der Waals surface area contributed by atoms with Crippen molar-refractivity contribution >= 4 is 22.8 Å². The molecule has 26 heavy (non-hydrogen) atoms. The molecule has 1 N–H and O–H groups in total. The number of hydrogen-bond acceptors (Lipinski definition) is 4. The molecule has 1 aliphatic rings. The van der Waals surface area contributed by atoms with Gasteiger partial charge < -0.3 is 14.6 Å². The van der Waals surface area contributed by atoms with E-state index in [0.29, 0.717) is 5.75 Å². The number of carbonyl (C=O) groups is 2. The zero-order valence-corrected chi connectivity index (χ0v) is 15.1. The topological polar surface area (TPSA) is 76.1 Å². The Balaban J connectivity index is 1.79. The molecule has 1 heterocycles. The Morgan fingerprint density at radius 2 is 1.81 bits per heavy atom. The van der Waals surface area contributed by atoms with Gasteiger partial charge in [-0.3, -0.25) is 4.90 Å². The van der Waals surface area contributed by atoms with Crippen molar-refractivity contribution in [3.05, 3.63) is 42.5 Å². The van der Waals surface area contributed by atoms with Crippen LogP contribution in [0.3, 0.4) is 0 Å². The van der Waals surface area contributed by atoms with Crippen molar-refractivity contribution in [1.82, 2.24) is 4.90 Å². The van der Waals surface area contributed by atoms with Gasteiger partial charge >= 0.3 is 12.1 Å². The van der Waals surface area contributed by atoms with Gasteiger partial charge in [0.25, 0.3) is 0 Å². The highest BCUT2D eigenvalue weighted by Gasteiger charge is 2.42. The van der Waals surface area contributed by atoms with Crippen LogP contribution in [0, 0.1) is 0 Å². The lowest BCUT2D eigenvalue weighted by Gasteiger charge is -2.26. The summed E-state index contributed by atoms with van der Waals surface area (Å²) in [7, 11) is 0. The first kappa shape index (κ1) is 18.0. The summed E-state index contributed by atoms with van der Waals surface area (Å²) in [5.41, 5.74) is -0.686. The van der Waals surface area contributed by atoms with Crippen molar-refractivity contribution in [2.75, 3.05) is 6.54 Å². The molecule has 0 radical (unpaired) electrons. The second-order valence-electron chi connectivity index (χ2n) is 7.44. The van der Waals surface area contributed by atoms with Gasteiger partial charge in [-0.1, -0.05) is 36.4 Å². The van der Waals surface area contributed by atoms with Crippen molar-refractivity contribution in [2.24, 2.45) is 0 Å². The van der Waals surface area contributed by atoms with Gasteiger partial charge in [0.1, 0.15) is 23.5 Å². The lowest BCUT2D eigenvalue weighted by Crippen LogP contribution is -2.43. The van der Waals surface area contributed by atoms with Gasteiger partial charge in [0, 0.05) is 11.8 Å². The van der Waals surface area contributed by atoms with E-state index in [0.717, 1.165) is 10.8 Å². The zero-order valence-electron chi connectivity index (χ0n) is 15.1. The average molecular weight is 357 g/mol. The number of amides is 1. The Hall–Kier alpha value is -2.76. The molecular formula is C20H23NO5. The number of aliphatic carboxylic acids is 1. The summed E-state index contributed by atoms with van der Waals surface area (Å²) in [4.78, 5) is 25.2. The van der Waals surface area contributed by atoms with Gasteiger partial charge in [0.15, 0.2) is 0 Å². The summed E-state index contributed by atoms with van der Waals surface area (Å²) in [6.45, 7) is 5.43. The second-order valence-corrected chi connectivity index (χ2v) is 7.44. The molecule has 2 atom stereocenters. The summed E-state index contributed by atoms with van der Waals surface area (Å²) in [6, 6.07) is 12.6. The van der Waals surface area contributed by atoms with Gasteiger partial charge in [-0.15, -0.1) is 0 Å². The van der Waals surface area contributed by atoms with Gasteiger partial charge in [-0.25, -0.2) is 9.59 Å². The highest BCUT2D eigenvalue weighted by molar-refractivity contribution is 5.88. The van der Waals surface area contributed by atoms with Crippen LogP contribution in [0.5, 0.6) is 5.75 Å². The van der Waals surface area contributed by atoms with Crippen molar-refractivity contribution in [3.8, 4) is 5.75 Å². The first-order chi connectivity index (χ1) is 12.2. The predicted molar refractivity (Wildman–Crippen MR) is 97.3 cm³/mol. The third-order valence-electron chi connectivity index (χ3n) is 4.22. The molecule has 0 unspecified atom stereocenters. The van der Waals surface area contributed by atoms with Crippen molar-refractivity contribution < 1.29 is 24.2 Å². The number of ether oxygens (including phenoxy) is 2. The molecule has 2 aromatic rings. The first-order valence-corrected chi connectivity index (χ1v) is 8.61. The predicted octanol–water partition coefficient (Wildman–Crippen LogP) is 3.68. The van der Waals surface area contributed by atoms with E-state index < -0.39 is 29.8 Å². The molecule has 1 aliphatic heterocycles. The van der Waals surface area contributed by atoms with Crippen LogP contribution in [0.15, 0.2) is 42.5 Å². The monoisotopic (exact) mass is 357 g/mol. The van der Waals surface area contributed by atoms with Crippen LogP contribution < -0.4 is 4.74 Å². The number of nitrogens with zero attached hydrogens (tertiary/aromatic N) is 1. The normalized spacial score (nSPS) is 20.2. The minimum atomic E-state index is -1.06. The molecule has 6 heteroatoms. The molecule has 0 spiro atoms. The fourth-order valence-electron chi connectivity index (χ4n) is 3.12. The number of rotatable bonds is 3. The maximum absolute atomic E-state index is 12.4. The summed E-state index contributed by atoms with van der Waals surface area (Å²) in [5.74, 6) is -0.372. The first-order valence-electron chi connectivity index (χ1n) is 8.61. The summed E-state index contributed by atoms with van der Waals surface area (Å²) in [6.07, 6.45) is -0.819. The molecule has 1 fully saturated rings. The van der Waals surface area contributed by atoms with Gasteiger partial charge in [0.05, 0.1) is 6.54 Å². The van der Waals surface area contributed by atoms with E-state index in [1.807, 2.05) is 42.5 Å². The number of benzene rings is 2. The minimum Gasteiger partial charge on any atom is -0.488 e. The van der Waals surface area contributed by atoms with Crippen LogP contribution in [0.1, 0.15) is 27.2 Å². The van der Waals surface area contributed by atoms with Crippen molar-refractivity contribution in [3.63, 3.8) is 0 Å². The number of carbonyl (C=O) groups excluding carboxylic acids is 1. The number of likely N-dealkylation sites (tertiary alicyclic amines) is 1. The van der Waals surface area contributed by atoms with Gasteiger partial charge in [-0.05, 0) is 32.2 Å². The summed E-state index contributed by atoms with van der Waals surface area (Å²) >= 11 is 0. The molecule has 0 saturated carbocycles. The molecule has 1 saturated heterocycles.